The molecule has 27 heavy (non-hydrogen) atoms. The topological polar surface area (TPSA) is 76.2 Å². The SMILES string of the molecule is CCOc1cc(C(=O)N2CCN(S(=O)(=O)c3cccs3)CC2)ccc1OC. The van der Waals surface area contributed by atoms with Crippen molar-refractivity contribution in [3.63, 3.8) is 0 Å². The summed E-state index contributed by atoms with van der Waals surface area (Å²) in [6.45, 7) is 3.58. The maximum Gasteiger partial charge on any atom is 0.254 e. The van der Waals surface area contributed by atoms with Gasteiger partial charge in [0, 0.05) is 31.7 Å². The van der Waals surface area contributed by atoms with Crippen molar-refractivity contribution in [2.24, 2.45) is 0 Å². The molecule has 1 amide bonds. The highest BCUT2D eigenvalue weighted by molar-refractivity contribution is 7.91. The average Bonchev–Trinajstić information content (AvgIpc) is 3.23. The first-order valence-corrected chi connectivity index (χ1v) is 10.9. The highest BCUT2D eigenvalue weighted by atomic mass is 32.2. The molecule has 2 aromatic rings. The van der Waals surface area contributed by atoms with Crippen molar-refractivity contribution in [1.82, 2.24) is 9.21 Å². The minimum absolute atomic E-state index is 0.147. The summed E-state index contributed by atoms with van der Waals surface area (Å²) in [7, 11) is -1.93. The average molecular weight is 411 g/mol. The lowest BCUT2D eigenvalue weighted by molar-refractivity contribution is 0.0697. The van der Waals surface area contributed by atoms with Crippen LogP contribution >= 0.6 is 11.3 Å². The van der Waals surface area contributed by atoms with Gasteiger partial charge in [-0.25, -0.2) is 8.42 Å². The minimum atomic E-state index is -3.48. The van der Waals surface area contributed by atoms with Gasteiger partial charge in [0.15, 0.2) is 11.5 Å². The molecular weight excluding hydrogens is 388 g/mol. The van der Waals surface area contributed by atoms with E-state index in [2.05, 4.69) is 0 Å². The number of amides is 1. The number of thiophene rings is 1. The van der Waals surface area contributed by atoms with E-state index in [0.717, 1.165) is 0 Å². The number of carbonyl (C=O) groups is 1. The quantitative estimate of drug-likeness (QED) is 0.730. The number of rotatable bonds is 6. The Bertz CT molecular complexity index is 888. The van der Waals surface area contributed by atoms with Gasteiger partial charge in [0.05, 0.1) is 13.7 Å². The predicted octanol–water partition coefficient (Wildman–Crippen LogP) is 2.30. The van der Waals surface area contributed by atoms with E-state index in [9.17, 15) is 13.2 Å². The Morgan fingerprint density at radius 3 is 2.48 bits per heavy atom. The molecule has 0 saturated carbocycles. The molecule has 1 aliphatic rings. The van der Waals surface area contributed by atoms with Crippen LogP contribution in [0.1, 0.15) is 17.3 Å². The van der Waals surface area contributed by atoms with Crippen LogP contribution in [0.5, 0.6) is 11.5 Å². The summed E-state index contributed by atoms with van der Waals surface area (Å²) in [4.78, 5) is 14.5. The van der Waals surface area contributed by atoms with Crippen LogP contribution in [-0.2, 0) is 10.0 Å². The van der Waals surface area contributed by atoms with Gasteiger partial charge in [0.25, 0.3) is 15.9 Å². The lowest BCUT2D eigenvalue weighted by Crippen LogP contribution is -2.50. The molecule has 1 fully saturated rings. The first-order valence-electron chi connectivity index (χ1n) is 8.61. The minimum Gasteiger partial charge on any atom is -0.493 e. The molecule has 0 N–H and O–H groups in total. The number of nitrogens with zero attached hydrogens (tertiary/aromatic N) is 2. The van der Waals surface area contributed by atoms with Gasteiger partial charge < -0.3 is 14.4 Å². The smallest absolute Gasteiger partial charge is 0.254 e. The van der Waals surface area contributed by atoms with Crippen molar-refractivity contribution in [3.8, 4) is 11.5 Å². The van der Waals surface area contributed by atoms with Gasteiger partial charge in [-0.15, -0.1) is 11.3 Å². The third-order valence-corrected chi connectivity index (χ3v) is 7.60. The second-order valence-electron chi connectivity index (χ2n) is 5.93. The molecule has 1 saturated heterocycles. The molecule has 0 bridgehead atoms. The van der Waals surface area contributed by atoms with E-state index < -0.39 is 10.0 Å². The lowest BCUT2D eigenvalue weighted by atomic mass is 10.1. The summed E-state index contributed by atoms with van der Waals surface area (Å²) >= 11 is 1.20. The third kappa shape index (κ3) is 4.10. The number of hydrogen-bond donors (Lipinski definition) is 0. The summed E-state index contributed by atoms with van der Waals surface area (Å²) in [5.74, 6) is 0.941. The zero-order valence-electron chi connectivity index (χ0n) is 15.3. The van der Waals surface area contributed by atoms with Gasteiger partial charge in [-0.3, -0.25) is 4.79 Å². The summed E-state index contributed by atoms with van der Waals surface area (Å²) in [5, 5.41) is 1.74. The standard InChI is InChI=1S/C18H22N2O5S2/c1-3-25-16-13-14(6-7-15(16)24-2)18(21)19-8-10-20(11-9-19)27(22,23)17-5-4-12-26-17/h4-7,12-13H,3,8-11H2,1-2H3. The molecule has 1 aromatic carbocycles. The van der Waals surface area contributed by atoms with Gasteiger partial charge in [0.2, 0.25) is 0 Å². The van der Waals surface area contributed by atoms with Gasteiger partial charge in [-0.1, -0.05) is 6.07 Å². The molecule has 2 heterocycles. The maximum atomic E-state index is 12.8. The first kappa shape index (κ1) is 19.7. The van der Waals surface area contributed by atoms with Crippen LogP contribution in [0, 0.1) is 0 Å². The molecule has 0 unspecified atom stereocenters. The van der Waals surface area contributed by atoms with Crippen molar-refractivity contribution in [2.45, 2.75) is 11.1 Å². The monoisotopic (exact) mass is 410 g/mol. The molecule has 7 nitrogen and oxygen atoms in total. The van der Waals surface area contributed by atoms with E-state index in [-0.39, 0.29) is 19.0 Å². The van der Waals surface area contributed by atoms with Crippen LogP contribution in [0.25, 0.3) is 0 Å². The van der Waals surface area contributed by atoms with Crippen molar-refractivity contribution < 1.29 is 22.7 Å². The molecule has 0 spiro atoms. The molecule has 0 aliphatic carbocycles. The molecule has 0 radical (unpaired) electrons. The second kappa shape index (κ2) is 8.28. The van der Waals surface area contributed by atoms with Gasteiger partial charge in [-0.2, -0.15) is 4.31 Å². The van der Waals surface area contributed by atoms with Crippen molar-refractivity contribution in [2.75, 3.05) is 39.9 Å². The Hall–Kier alpha value is -2.10. The maximum absolute atomic E-state index is 12.8. The molecule has 1 aromatic heterocycles. The molecule has 3 rings (SSSR count). The Morgan fingerprint density at radius 1 is 1.15 bits per heavy atom. The number of hydrogen-bond acceptors (Lipinski definition) is 6. The highest BCUT2D eigenvalue weighted by Crippen LogP contribution is 2.29. The zero-order chi connectivity index (χ0) is 19.4. The normalized spacial score (nSPS) is 15.6. The predicted molar refractivity (Wildman–Crippen MR) is 103 cm³/mol. The van der Waals surface area contributed by atoms with Crippen molar-refractivity contribution in [1.29, 1.82) is 0 Å². The largest absolute Gasteiger partial charge is 0.493 e. The number of sulfonamides is 1. The van der Waals surface area contributed by atoms with Crippen LogP contribution in [0.2, 0.25) is 0 Å². The molecular formula is C18H22N2O5S2. The first-order chi connectivity index (χ1) is 13.0. The Morgan fingerprint density at radius 2 is 1.89 bits per heavy atom. The van der Waals surface area contributed by atoms with E-state index >= 15 is 0 Å². The Kier molecular flexibility index (Phi) is 6.03. The number of carbonyl (C=O) groups excluding carboxylic acids is 1. The highest BCUT2D eigenvalue weighted by Gasteiger charge is 2.31. The van der Waals surface area contributed by atoms with Crippen LogP contribution in [0.4, 0.5) is 0 Å². The van der Waals surface area contributed by atoms with Gasteiger partial charge in [-0.05, 0) is 36.6 Å². The van der Waals surface area contributed by atoms with Gasteiger partial charge >= 0.3 is 0 Å². The molecule has 146 valence electrons. The number of ether oxygens (including phenoxy) is 2. The third-order valence-electron chi connectivity index (χ3n) is 4.33. The Balaban J connectivity index is 1.69. The summed E-state index contributed by atoms with van der Waals surface area (Å²) in [6, 6.07) is 8.38. The second-order valence-corrected chi connectivity index (χ2v) is 9.04. The lowest BCUT2D eigenvalue weighted by Gasteiger charge is -2.33. The number of benzene rings is 1. The van der Waals surface area contributed by atoms with Crippen molar-refractivity contribution >= 4 is 27.3 Å². The molecule has 1 aliphatic heterocycles. The number of methoxy groups -OCH3 is 1. The van der Waals surface area contributed by atoms with E-state index in [1.165, 1.54) is 15.6 Å². The zero-order valence-corrected chi connectivity index (χ0v) is 16.9. The van der Waals surface area contributed by atoms with E-state index in [0.29, 0.717) is 41.0 Å². The Labute approximate surface area is 163 Å². The van der Waals surface area contributed by atoms with Crippen LogP contribution in [0.3, 0.4) is 0 Å². The van der Waals surface area contributed by atoms with Crippen LogP contribution in [0.15, 0.2) is 39.9 Å². The summed E-state index contributed by atoms with van der Waals surface area (Å²) in [6.07, 6.45) is 0. The fraction of sp³-hybridized carbons (Fsp3) is 0.389. The van der Waals surface area contributed by atoms with E-state index in [1.807, 2.05) is 6.92 Å². The van der Waals surface area contributed by atoms with Crippen molar-refractivity contribution in [3.05, 3.63) is 41.3 Å². The van der Waals surface area contributed by atoms with E-state index in [1.54, 1.807) is 47.7 Å². The fourth-order valence-corrected chi connectivity index (χ4v) is 5.50. The fourth-order valence-electron chi connectivity index (χ4n) is 2.93. The van der Waals surface area contributed by atoms with Crippen LogP contribution in [-0.4, -0.2) is 63.4 Å². The number of piperazine rings is 1. The molecule has 9 heteroatoms. The summed E-state index contributed by atoms with van der Waals surface area (Å²) in [5.41, 5.74) is 0.494. The molecule has 0 atom stereocenters. The van der Waals surface area contributed by atoms with Gasteiger partial charge in [0.1, 0.15) is 4.21 Å². The van der Waals surface area contributed by atoms with Crippen LogP contribution < -0.4 is 9.47 Å². The van der Waals surface area contributed by atoms with E-state index in [4.69, 9.17) is 9.47 Å². The summed E-state index contributed by atoms with van der Waals surface area (Å²) < 4.78 is 37.7.